The number of hydrogen-bond donors (Lipinski definition) is 2. The molecule has 1 rings (SSSR count). The van der Waals surface area contributed by atoms with Crippen molar-refractivity contribution in [2.75, 3.05) is 6.61 Å². The van der Waals surface area contributed by atoms with E-state index in [2.05, 4.69) is 5.32 Å². The Balaban J connectivity index is 3.09. The first kappa shape index (κ1) is 15.0. The summed E-state index contributed by atoms with van der Waals surface area (Å²) in [6.45, 7) is 1.33. The minimum Gasteiger partial charge on any atom is -0.394 e. The van der Waals surface area contributed by atoms with Crippen LogP contribution in [0.2, 0.25) is 0 Å². The maximum Gasteiger partial charge on any atom is 0.305 e. The Bertz CT molecular complexity index is 504. The fourth-order valence-corrected chi connectivity index (χ4v) is 1.39. The lowest BCUT2D eigenvalue weighted by Gasteiger charge is -2.14. The van der Waals surface area contributed by atoms with E-state index >= 15 is 0 Å². The standard InChI is InChI=1S/C11H12F2N2O4/c1-2-6(5-16)14-11(17)7-3-10(15(18)19)9(13)4-8(7)12/h3-4,6,16H,2,5H2,1H3,(H,14,17)/t6-/m1/s1. The molecule has 6 nitrogen and oxygen atoms in total. The van der Waals surface area contributed by atoms with Gasteiger partial charge in [0.2, 0.25) is 5.82 Å². The number of carbonyl (C=O) groups is 1. The van der Waals surface area contributed by atoms with Crippen LogP contribution in [0.3, 0.4) is 0 Å². The van der Waals surface area contributed by atoms with Gasteiger partial charge in [-0.05, 0) is 6.42 Å². The van der Waals surface area contributed by atoms with Gasteiger partial charge in [0.1, 0.15) is 5.82 Å². The minimum absolute atomic E-state index is 0.285. The van der Waals surface area contributed by atoms with Gasteiger partial charge in [0.25, 0.3) is 5.91 Å². The molecule has 0 aliphatic rings. The van der Waals surface area contributed by atoms with Crippen LogP contribution in [0.1, 0.15) is 23.7 Å². The number of nitro groups is 1. The molecule has 2 N–H and O–H groups in total. The van der Waals surface area contributed by atoms with Gasteiger partial charge in [0.15, 0.2) is 0 Å². The average molecular weight is 274 g/mol. The van der Waals surface area contributed by atoms with Crippen molar-refractivity contribution < 1.29 is 23.6 Å². The number of nitro benzene ring substituents is 1. The zero-order valence-electron chi connectivity index (χ0n) is 10.0. The quantitative estimate of drug-likeness (QED) is 0.626. The van der Waals surface area contributed by atoms with E-state index in [1.807, 2.05) is 0 Å². The summed E-state index contributed by atoms with van der Waals surface area (Å²) in [5.41, 5.74) is -1.62. The highest BCUT2D eigenvalue weighted by Gasteiger charge is 2.23. The van der Waals surface area contributed by atoms with Crippen molar-refractivity contribution in [1.29, 1.82) is 0 Å². The number of nitrogens with zero attached hydrogens (tertiary/aromatic N) is 1. The van der Waals surface area contributed by atoms with Crippen molar-refractivity contribution in [2.24, 2.45) is 0 Å². The van der Waals surface area contributed by atoms with Crippen LogP contribution in [0, 0.1) is 21.7 Å². The molecule has 1 aromatic carbocycles. The monoisotopic (exact) mass is 274 g/mol. The Morgan fingerprint density at radius 3 is 2.58 bits per heavy atom. The zero-order valence-corrected chi connectivity index (χ0v) is 10.0. The zero-order chi connectivity index (χ0) is 14.6. The van der Waals surface area contributed by atoms with Gasteiger partial charge in [-0.1, -0.05) is 6.92 Å². The van der Waals surface area contributed by atoms with Crippen molar-refractivity contribution in [1.82, 2.24) is 5.32 Å². The van der Waals surface area contributed by atoms with Gasteiger partial charge in [-0.3, -0.25) is 14.9 Å². The lowest BCUT2D eigenvalue weighted by molar-refractivity contribution is -0.387. The van der Waals surface area contributed by atoms with Gasteiger partial charge >= 0.3 is 5.69 Å². The summed E-state index contributed by atoms with van der Waals surface area (Å²) in [5.74, 6) is -3.50. The van der Waals surface area contributed by atoms with Gasteiger partial charge in [-0.2, -0.15) is 4.39 Å². The first-order valence-electron chi connectivity index (χ1n) is 5.45. The van der Waals surface area contributed by atoms with E-state index in [-0.39, 0.29) is 12.7 Å². The number of carbonyl (C=O) groups excluding carboxylic acids is 1. The van der Waals surface area contributed by atoms with E-state index in [1.165, 1.54) is 0 Å². The number of rotatable bonds is 5. The maximum atomic E-state index is 13.4. The van der Waals surface area contributed by atoms with Crippen LogP contribution < -0.4 is 5.32 Å². The second-order valence-corrected chi connectivity index (χ2v) is 3.80. The minimum atomic E-state index is -1.35. The third kappa shape index (κ3) is 3.44. The summed E-state index contributed by atoms with van der Waals surface area (Å²) in [4.78, 5) is 21.1. The number of hydrogen-bond acceptors (Lipinski definition) is 4. The molecule has 0 saturated heterocycles. The second-order valence-electron chi connectivity index (χ2n) is 3.80. The number of halogens is 2. The van der Waals surface area contributed by atoms with Gasteiger partial charge in [-0.25, -0.2) is 4.39 Å². The number of nitrogens with one attached hydrogen (secondary N) is 1. The van der Waals surface area contributed by atoms with Crippen LogP contribution in [0.4, 0.5) is 14.5 Å². The van der Waals surface area contributed by atoms with Crippen molar-refractivity contribution >= 4 is 11.6 Å². The van der Waals surface area contributed by atoms with Crippen LogP contribution in [-0.4, -0.2) is 28.6 Å². The average Bonchev–Trinajstić information content (AvgIpc) is 2.35. The lowest BCUT2D eigenvalue weighted by Crippen LogP contribution is -2.37. The molecule has 8 heteroatoms. The lowest BCUT2D eigenvalue weighted by atomic mass is 10.1. The molecule has 104 valence electrons. The number of benzene rings is 1. The summed E-state index contributed by atoms with van der Waals surface area (Å²) >= 11 is 0. The Labute approximate surface area is 107 Å². The number of amides is 1. The smallest absolute Gasteiger partial charge is 0.305 e. The topological polar surface area (TPSA) is 92.5 Å². The molecule has 0 aliphatic heterocycles. The Morgan fingerprint density at radius 1 is 1.47 bits per heavy atom. The Morgan fingerprint density at radius 2 is 2.11 bits per heavy atom. The highest BCUT2D eigenvalue weighted by atomic mass is 19.1. The largest absolute Gasteiger partial charge is 0.394 e. The van der Waals surface area contributed by atoms with E-state index in [9.17, 15) is 23.7 Å². The van der Waals surface area contributed by atoms with Crippen molar-refractivity contribution in [3.8, 4) is 0 Å². The molecule has 0 heterocycles. The van der Waals surface area contributed by atoms with E-state index in [0.717, 1.165) is 0 Å². The molecular weight excluding hydrogens is 262 g/mol. The summed E-state index contributed by atoms with van der Waals surface area (Å²) in [6, 6.07) is 0.216. The van der Waals surface area contributed by atoms with E-state index in [4.69, 9.17) is 5.11 Å². The van der Waals surface area contributed by atoms with Gasteiger partial charge in [0.05, 0.1) is 23.1 Å². The highest BCUT2D eigenvalue weighted by Crippen LogP contribution is 2.21. The second kappa shape index (κ2) is 6.19. The van der Waals surface area contributed by atoms with E-state index < -0.39 is 39.8 Å². The number of aliphatic hydroxyl groups is 1. The molecule has 0 unspecified atom stereocenters. The van der Waals surface area contributed by atoms with Crippen molar-refractivity contribution in [2.45, 2.75) is 19.4 Å². The molecule has 1 atom stereocenters. The maximum absolute atomic E-state index is 13.4. The van der Waals surface area contributed by atoms with Crippen molar-refractivity contribution in [3.05, 3.63) is 39.4 Å². The van der Waals surface area contributed by atoms with Crippen LogP contribution in [0.5, 0.6) is 0 Å². The van der Waals surface area contributed by atoms with Gasteiger partial charge in [-0.15, -0.1) is 0 Å². The van der Waals surface area contributed by atoms with Gasteiger partial charge in [0, 0.05) is 12.1 Å². The van der Waals surface area contributed by atoms with Crippen molar-refractivity contribution in [3.63, 3.8) is 0 Å². The summed E-state index contributed by atoms with van der Waals surface area (Å²) < 4.78 is 26.5. The molecule has 0 radical (unpaired) electrons. The van der Waals surface area contributed by atoms with E-state index in [0.29, 0.717) is 12.5 Å². The normalized spacial score (nSPS) is 12.0. The summed E-state index contributed by atoms with van der Waals surface area (Å²) in [6.07, 6.45) is 0.396. The first-order chi connectivity index (χ1) is 8.90. The molecule has 0 fully saturated rings. The molecule has 19 heavy (non-hydrogen) atoms. The molecule has 1 amide bonds. The molecule has 1 aromatic rings. The van der Waals surface area contributed by atoms with Gasteiger partial charge < -0.3 is 10.4 Å². The summed E-state index contributed by atoms with van der Waals surface area (Å²) in [5, 5.41) is 21.7. The third-order valence-electron chi connectivity index (χ3n) is 2.53. The van der Waals surface area contributed by atoms with Crippen LogP contribution in [0.25, 0.3) is 0 Å². The first-order valence-corrected chi connectivity index (χ1v) is 5.45. The summed E-state index contributed by atoms with van der Waals surface area (Å²) in [7, 11) is 0. The van der Waals surface area contributed by atoms with E-state index in [1.54, 1.807) is 6.92 Å². The molecular formula is C11H12F2N2O4. The molecule has 0 aromatic heterocycles. The Hall–Kier alpha value is -2.09. The molecule has 0 aliphatic carbocycles. The number of aliphatic hydroxyl groups excluding tert-OH is 1. The molecule has 0 spiro atoms. The van der Waals surface area contributed by atoms with Crippen LogP contribution in [-0.2, 0) is 0 Å². The molecule has 0 saturated carbocycles. The fraction of sp³-hybridized carbons (Fsp3) is 0.364. The predicted octanol–water partition coefficient (Wildman–Crippen LogP) is 1.37. The Kier molecular flexibility index (Phi) is 4.87. The third-order valence-corrected chi connectivity index (χ3v) is 2.53. The predicted molar refractivity (Wildman–Crippen MR) is 61.6 cm³/mol. The van der Waals surface area contributed by atoms with Crippen LogP contribution >= 0.6 is 0 Å². The SMILES string of the molecule is CC[C@H](CO)NC(=O)c1cc([N+](=O)[O-])c(F)cc1F. The fourth-order valence-electron chi connectivity index (χ4n) is 1.39. The van der Waals surface area contributed by atoms with Crippen LogP contribution in [0.15, 0.2) is 12.1 Å². The molecule has 0 bridgehead atoms. The highest BCUT2D eigenvalue weighted by molar-refractivity contribution is 5.95.